The number of carbonyl (C=O) groups excluding carboxylic acids is 1. The van der Waals surface area contributed by atoms with Gasteiger partial charge in [0, 0.05) is 20.7 Å². The van der Waals surface area contributed by atoms with Gasteiger partial charge in [-0.3, -0.25) is 4.79 Å². The van der Waals surface area contributed by atoms with Gasteiger partial charge >= 0.3 is 0 Å². The molecular weight excluding hydrogens is 350 g/mol. The summed E-state index contributed by atoms with van der Waals surface area (Å²) in [6, 6.07) is 11.8. The summed E-state index contributed by atoms with van der Waals surface area (Å²) in [6.07, 6.45) is 0. The fourth-order valence-corrected chi connectivity index (χ4v) is 3.67. The smallest absolute Gasteiger partial charge is 0.233 e. The second-order valence-electron chi connectivity index (χ2n) is 6.08. The number of aryl methyl sites for hydroxylation is 1. The van der Waals surface area contributed by atoms with Crippen LogP contribution < -0.4 is 0 Å². The van der Waals surface area contributed by atoms with Crippen molar-refractivity contribution >= 4 is 28.7 Å². The van der Waals surface area contributed by atoms with E-state index in [2.05, 4.69) is 9.55 Å². The van der Waals surface area contributed by atoms with Crippen molar-refractivity contribution in [2.75, 3.05) is 26.5 Å². The summed E-state index contributed by atoms with van der Waals surface area (Å²) >= 11 is 1.45. The van der Waals surface area contributed by atoms with E-state index in [1.54, 1.807) is 19.1 Å². The molecule has 0 unspecified atom stereocenters. The van der Waals surface area contributed by atoms with Crippen molar-refractivity contribution in [3.63, 3.8) is 0 Å². The SMILES string of the molecule is COCCn1c(SCC(=O)N(C)Cc2ccc(C)o2)nc2ccccc21. The first-order valence-corrected chi connectivity index (χ1v) is 9.43. The number of ether oxygens (including phenoxy) is 1. The Balaban J connectivity index is 1.67. The lowest BCUT2D eigenvalue weighted by Gasteiger charge is -2.15. The predicted molar refractivity (Wildman–Crippen MR) is 102 cm³/mol. The zero-order valence-electron chi connectivity index (χ0n) is 15.3. The van der Waals surface area contributed by atoms with Crippen LogP contribution in [0.5, 0.6) is 0 Å². The van der Waals surface area contributed by atoms with Gasteiger partial charge in [-0.05, 0) is 31.2 Å². The first-order chi connectivity index (χ1) is 12.6. The molecule has 0 spiro atoms. The molecular formula is C19H23N3O3S. The number of nitrogens with zero attached hydrogens (tertiary/aromatic N) is 3. The Morgan fingerprint density at radius 1 is 1.31 bits per heavy atom. The maximum absolute atomic E-state index is 12.5. The Hall–Kier alpha value is -2.25. The molecule has 2 heterocycles. The second kappa shape index (κ2) is 8.42. The zero-order valence-corrected chi connectivity index (χ0v) is 16.1. The van der Waals surface area contributed by atoms with Crippen LogP contribution in [0, 0.1) is 6.92 Å². The van der Waals surface area contributed by atoms with E-state index in [0.29, 0.717) is 25.4 Å². The van der Waals surface area contributed by atoms with E-state index in [9.17, 15) is 4.79 Å². The normalized spacial score (nSPS) is 11.2. The van der Waals surface area contributed by atoms with Crippen molar-refractivity contribution in [1.29, 1.82) is 0 Å². The molecule has 0 aliphatic carbocycles. The Bertz CT molecular complexity index is 887. The molecule has 26 heavy (non-hydrogen) atoms. The maximum Gasteiger partial charge on any atom is 0.233 e. The zero-order chi connectivity index (χ0) is 18.5. The van der Waals surface area contributed by atoms with Gasteiger partial charge in [-0.2, -0.15) is 0 Å². The summed E-state index contributed by atoms with van der Waals surface area (Å²) in [5.74, 6) is 2.00. The first kappa shape index (κ1) is 18.5. The third-order valence-electron chi connectivity index (χ3n) is 4.08. The fourth-order valence-electron chi connectivity index (χ4n) is 2.69. The van der Waals surface area contributed by atoms with Gasteiger partial charge < -0.3 is 18.6 Å². The number of imidazole rings is 1. The fraction of sp³-hybridized carbons (Fsp3) is 0.368. The molecule has 0 fully saturated rings. The van der Waals surface area contributed by atoms with E-state index in [1.165, 1.54) is 11.8 Å². The molecule has 0 saturated carbocycles. The highest BCUT2D eigenvalue weighted by molar-refractivity contribution is 7.99. The van der Waals surface area contributed by atoms with E-state index in [4.69, 9.17) is 9.15 Å². The third-order valence-corrected chi connectivity index (χ3v) is 5.04. The minimum absolute atomic E-state index is 0.0365. The van der Waals surface area contributed by atoms with Gasteiger partial charge in [0.05, 0.1) is 29.9 Å². The average Bonchev–Trinajstić information content (AvgIpc) is 3.20. The van der Waals surface area contributed by atoms with Crippen molar-refractivity contribution in [3.05, 3.63) is 47.9 Å². The molecule has 138 valence electrons. The molecule has 3 rings (SSSR count). The lowest BCUT2D eigenvalue weighted by atomic mass is 10.3. The van der Waals surface area contributed by atoms with Gasteiger partial charge in [0.2, 0.25) is 5.91 Å². The molecule has 0 atom stereocenters. The van der Waals surface area contributed by atoms with Crippen molar-refractivity contribution in [2.24, 2.45) is 0 Å². The van der Waals surface area contributed by atoms with Crippen LogP contribution in [0.15, 0.2) is 46.0 Å². The average molecular weight is 373 g/mol. The van der Waals surface area contributed by atoms with E-state index >= 15 is 0 Å². The minimum Gasteiger partial charge on any atom is -0.464 e. The molecule has 1 aromatic carbocycles. The quantitative estimate of drug-likeness (QED) is 0.567. The molecule has 0 aliphatic rings. The standard InChI is InChI=1S/C19H23N3O3S/c1-14-8-9-15(25-14)12-21(2)18(23)13-26-19-20-16-6-4-5-7-17(16)22(19)10-11-24-3/h4-9H,10-13H2,1-3H3. The summed E-state index contributed by atoms with van der Waals surface area (Å²) in [6.45, 7) is 3.66. The third kappa shape index (κ3) is 4.28. The lowest BCUT2D eigenvalue weighted by molar-refractivity contribution is -0.127. The number of aromatic nitrogens is 2. The molecule has 0 saturated heterocycles. The topological polar surface area (TPSA) is 60.5 Å². The molecule has 0 radical (unpaired) electrons. The first-order valence-electron chi connectivity index (χ1n) is 8.44. The number of fused-ring (bicyclic) bond motifs is 1. The van der Waals surface area contributed by atoms with Gasteiger partial charge in [-0.15, -0.1) is 0 Å². The highest BCUT2D eigenvalue weighted by Crippen LogP contribution is 2.24. The Kier molecular flexibility index (Phi) is 6.00. The number of amides is 1. The van der Waals surface area contributed by atoms with Crippen LogP contribution in [-0.4, -0.2) is 46.9 Å². The van der Waals surface area contributed by atoms with Crippen molar-refractivity contribution < 1.29 is 13.9 Å². The highest BCUT2D eigenvalue weighted by atomic mass is 32.2. The predicted octanol–water partition coefficient (Wildman–Crippen LogP) is 3.33. The number of benzene rings is 1. The molecule has 1 amide bonds. The molecule has 7 heteroatoms. The van der Waals surface area contributed by atoms with E-state index < -0.39 is 0 Å². The second-order valence-corrected chi connectivity index (χ2v) is 7.02. The lowest BCUT2D eigenvalue weighted by Crippen LogP contribution is -2.27. The van der Waals surface area contributed by atoms with Gasteiger partial charge in [0.1, 0.15) is 11.5 Å². The number of carbonyl (C=O) groups is 1. The number of hydrogen-bond acceptors (Lipinski definition) is 5. The summed E-state index contributed by atoms with van der Waals surface area (Å²) < 4.78 is 12.9. The van der Waals surface area contributed by atoms with Crippen molar-refractivity contribution in [3.8, 4) is 0 Å². The Labute approximate surface area is 157 Å². The van der Waals surface area contributed by atoms with Gasteiger partial charge in [0.25, 0.3) is 0 Å². The van der Waals surface area contributed by atoms with Crippen LogP contribution in [0.1, 0.15) is 11.5 Å². The Morgan fingerprint density at radius 3 is 2.85 bits per heavy atom. The van der Waals surface area contributed by atoms with Gasteiger partial charge in [0.15, 0.2) is 5.16 Å². The van der Waals surface area contributed by atoms with Crippen LogP contribution in [0.3, 0.4) is 0 Å². The number of hydrogen-bond donors (Lipinski definition) is 0. The minimum atomic E-state index is 0.0365. The van der Waals surface area contributed by atoms with Gasteiger partial charge in [-0.1, -0.05) is 23.9 Å². The molecule has 2 aromatic heterocycles. The number of rotatable bonds is 8. The number of thioether (sulfide) groups is 1. The largest absolute Gasteiger partial charge is 0.464 e. The van der Waals surface area contributed by atoms with E-state index in [0.717, 1.165) is 27.7 Å². The number of para-hydroxylation sites is 2. The van der Waals surface area contributed by atoms with Crippen molar-refractivity contribution in [1.82, 2.24) is 14.5 Å². The van der Waals surface area contributed by atoms with Crippen LogP contribution in [0.25, 0.3) is 11.0 Å². The molecule has 0 bridgehead atoms. The maximum atomic E-state index is 12.5. The summed E-state index contributed by atoms with van der Waals surface area (Å²) in [4.78, 5) is 18.8. The van der Waals surface area contributed by atoms with Crippen LogP contribution in [0.4, 0.5) is 0 Å². The number of furan rings is 1. The summed E-state index contributed by atoms with van der Waals surface area (Å²) in [5, 5.41) is 0.832. The molecule has 3 aromatic rings. The monoisotopic (exact) mass is 373 g/mol. The van der Waals surface area contributed by atoms with E-state index in [1.807, 2.05) is 43.3 Å². The van der Waals surface area contributed by atoms with E-state index in [-0.39, 0.29) is 5.91 Å². The molecule has 0 N–H and O–H groups in total. The van der Waals surface area contributed by atoms with Crippen molar-refractivity contribution in [2.45, 2.75) is 25.2 Å². The van der Waals surface area contributed by atoms with Gasteiger partial charge in [-0.25, -0.2) is 4.98 Å². The molecule has 6 nitrogen and oxygen atoms in total. The van der Waals surface area contributed by atoms with Crippen LogP contribution in [0.2, 0.25) is 0 Å². The van der Waals surface area contributed by atoms with Crippen LogP contribution in [-0.2, 0) is 22.6 Å². The highest BCUT2D eigenvalue weighted by Gasteiger charge is 2.16. The Morgan fingerprint density at radius 2 is 2.12 bits per heavy atom. The summed E-state index contributed by atoms with van der Waals surface area (Å²) in [5.41, 5.74) is 1.98. The van der Waals surface area contributed by atoms with Crippen LogP contribution >= 0.6 is 11.8 Å². The number of methoxy groups -OCH3 is 1. The molecule has 0 aliphatic heterocycles. The summed E-state index contributed by atoms with van der Waals surface area (Å²) in [7, 11) is 3.47.